The topological polar surface area (TPSA) is 87.4 Å². The molecule has 0 aliphatic rings. The van der Waals surface area contributed by atoms with Gasteiger partial charge in [-0.25, -0.2) is 4.98 Å². The van der Waals surface area contributed by atoms with Crippen molar-refractivity contribution in [2.75, 3.05) is 5.73 Å². The molecule has 0 saturated carbocycles. The zero-order valence-corrected chi connectivity index (χ0v) is 11.7. The van der Waals surface area contributed by atoms with Crippen LogP contribution in [0.2, 0.25) is 0 Å². The minimum absolute atomic E-state index is 0.303. The van der Waals surface area contributed by atoms with E-state index in [0.717, 1.165) is 11.0 Å². The fraction of sp³-hybridized carbons (Fsp3) is 0.0667. The Labute approximate surface area is 126 Å². The van der Waals surface area contributed by atoms with Crippen molar-refractivity contribution in [3.05, 3.63) is 60.7 Å². The van der Waals surface area contributed by atoms with Gasteiger partial charge in [-0.2, -0.15) is 14.8 Å². The number of hydrogen-bond donors (Lipinski definition) is 1. The molecule has 3 aromatic heterocycles. The molecule has 0 unspecified atom stereocenters. The van der Waals surface area contributed by atoms with Crippen molar-refractivity contribution in [2.24, 2.45) is 0 Å². The van der Waals surface area contributed by atoms with Crippen LogP contribution < -0.4 is 5.73 Å². The first-order chi connectivity index (χ1) is 10.8. The largest absolute Gasteiger partial charge is 0.368 e. The van der Waals surface area contributed by atoms with Crippen LogP contribution in [0.5, 0.6) is 0 Å². The van der Waals surface area contributed by atoms with Crippen molar-refractivity contribution in [1.29, 1.82) is 0 Å². The third kappa shape index (κ3) is 1.99. The Balaban J connectivity index is 1.93. The molecule has 0 amide bonds. The van der Waals surface area contributed by atoms with E-state index in [0.29, 0.717) is 18.4 Å². The molecule has 7 heteroatoms. The summed E-state index contributed by atoms with van der Waals surface area (Å²) < 4.78 is 3.58. The molecular formula is C15H13N7. The number of nitrogen functional groups attached to an aromatic ring is 1. The summed E-state index contributed by atoms with van der Waals surface area (Å²) in [5.41, 5.74) is 8.81. The second-order valence-electron chi connectivity index (χ2n) is 4.88. The van der Waals surface area contributed by atoms with Gasteiger partial charge in [-0.3, -0.25) is 4.98 Å². The van der Waals surface area contributed by atoms with E-state index in [4.69, 9.17) is 5.73 Å². The van der Waals surface area contributed by atoms with Crippen LogP contribution >= 0.6 is 0 Å². The predicted octanol–water partition coefficient (Wildman–Crippen LogP) is 1.64. The molecule has 0 bridgehead atoms. The summed E-state index contributed by atoms with van der Waals surface area (Å²) >= 11 is 0. The second-order valence-corrected chi connectivity index (χ2v) is 4.88. The van der Waals surface area contributed by atoms with Crippen LogP contribution in [0.4, 0.5) is 5.95 Å². The number of imidazole rings is 1. The molecular weight excluding hydrogens is 278 g/mol. The lowest BCUT2D eigenvalue weighted by atomic mass is 10.2. The van der Waals surface area contributed by atoms with Crippen molar-refractivity contribution in [3.8, 4) is 5.95 Å². The highest BCUT2D eigenvalue weighted by molar-refractivity contribution is 5.76. The lowest BCUT2D eigenvalue weighted by Gasteiger charge is -2.09. The molecule has 4 aromatic rings. The number of pyridine rings is 1. The summed E-state index contributed by atoms with van der Waals surface area (Å²) in [7, 11) is 0. The molecule has 0 fully saturated rings. The lowest BCUT2D eigenvalue weighted by molar-refractivity contribution is 0.724. The van der Waals surface area contributed by atoms with E-state index in [-0.39, 0.29) is 0 Å². The van der Waals surface area contributed by atoms with Gasteiger partial charge in [-0.15, -0.1) is 0 Å². The first-order valence-electron chi connectivity index (χ1n) is 6.83. The predicted molar refractivity (Wildman–Crippen MR) is 82.4 cm³/mol. The first kappa shape index (κ1) is 12.5. The maximum atomic E-state index is 5.88. The summed E-state index contributed by atoms with van der Waals surface area (Å²) in [6.07, 6.45) is 4.90. The van der Waals surface area contributed by atoms with Gasteiger partial charge in [0.05, 0.1) is 18.3 Å². The Hall–Kier alpha value is -3.22. The number of nitrogens with zero attached hydrogens (tertiary/aromatic N) is 6. The molecule has 22 heavy (non-hydrogen) atoms. The number of nitrogens with two attached hydrogens (primary N) is 1. The molecule has 3 heterocycles. The third-order valence-electron chi connectivity index (χ3n) is 3.48. The number of anilines is 1. The van der Waals surface area contributed by atoms with Gasteiger partial charge in [0.1, 0.15) is 11.8 Å². The van der Waals surface area contributed by atoms with Crippen LogP contribution in [0.1, 0.15) is 5.56 Å². The van der Waals surface area contributed by atoms with Gasteiger partial charge < -0.3 is 10.3 Å². The Morgan fingerprint density at radius 3 is 2.73 bits per heavy atom. The van der Waals surface area contributed by atoms with E-state index in [1.54, 1.807) is 12.4 Å². The van der Waals surface area contributed by atoms with Crippen LogP contribution in [-0.2, 0) is 6.54 Å². The highest BCUT2D eigenvalue weighted by atomic mass is 15.4. The molecule has 0 saturated heterocycles. The number of rotatable bonds is 3. The Morgan fingerprint density at radius 1 is 1.09 bits per heavy atom. The molecule has 0 radical (unpaired) electrons. The standard InChI is InChI=1S/C15H13N7/c16-14-18-10-19-22(14)15-20-12-8-17-7-6-13(12)21(15)9-11-4-2-1-3-5-11/h1-8,10H,9H2,(H2,16,18,19). The average Bonchev–Trinajstić information content (AvgIpc) is 3.12. The van der Waals surface area contributed by atoms with Crippen molar-refractivity contribution < 1.29 is 0 Å². The smallest absolute Gasteiger partial charge is 0.235 e. The van der Waals surface area contributed by atoms with Crippen molar-refractivity contribution in [3.63, 3.8) is 0 Å². The van der Waals surface area contributed by atoms with Gasteiger partial charge in [-0.1, -0.05) is 30.3 Å². The minimum Gasteiger partial charge on any atom is -0.368 e. The van der Waals surface area contributed by atoms with Crippen LogP contribution in [0.3, 0.4) is 0 Å². The monoisotopic (exact) mass is 291 g/mol. The van der Waals surface area contributed by atoms with Crippen LogP contribution in [0.25, 0.3) is 17.0 Å². The molecule has 0 aliphatic carbocycles. The molecule has 0 aliphatic heterocycles. The minimum atomic E-state index is 0.303. The Kier molecular flexibility index (Phi) is 2.82. The van der Waals surface area contributed by atoms with Gasteiger partial charge in [0.25, 0.3) is 0 Å². The maximum Gasteiger partial charge on any atom is 0.235 e. The highest BCUT2D eigenvalue weighted by Crippen LogP contribution is 2.20. The summed E-state index contributed by atoms with van der Waals surface area (Å²) in [5.74, 6) is 0.930. The maximum absolute atomic E-state index is 5.88. The van der Waals surface area contributed by atoms with Crippen LogP contribution in [0, 0.1) is 0 Å². The third-order valence-corrected chi connectivity index (χ3v) is 3.48. The zero-order chi connectivity index (χ0) is 14.9. The fourth-order valence-electron chi connectivity index (χ4n) is 2.46. The average molecular weight is 291 g/mol. The van der Waals surface area contributed by atoms with Gasteiger partial charge in [0.15, 0.2) is 0 Å². The Bertz CT molecular complexity index is 923. The normalized spacial score (nSPS) is 11.1. The molecule has 0 atom stereocenters. The number of aromatic nitrogens is 6. The molecule has 7 nitrogen and oxygen atoms in total. The summed E-state index contributed by atoms with van der Waals surface area (Å²) in [4.78, 5) is 12.7. The fourth-order valence-corrected chi connectivity index (χ4v) is 2.46. The first-order valence-corrected chi connectivity index (χ1v) is 6.83. The van der Waals surface area contributed by atoms with Crippen molar-refractivity contribution in [2.45, 2.75) is 6.54 Å². The van der Waals surface area contributed by atoms with E-state index in [1.165, 1.54) is 16.6 Å². The molecule has 2 N–H and O–H groups in total. The van der Waals surface area contributed by atoms with Gasteiger partial charge in [0, 0.05) is 6.20 Å². The summed E-state index contributed by atoms with van der Waals surface area (Å²) in [5, 5.41) is 4.16. The van der Waals surface area contributed by atoms with Crippen molar-refractivity contribution >= 4 is 17.0 Å². The van der Waals surface area contributed by atoms with Crippen molar-refractivity contribution in [1.82, 2.24) is 29.3 Å². The van der Waals surface area contributed by atoms with E-state index in [9.17, 15) is 0 Å². The Morgan fingerprint density at radius 2 is 1.95 bits per heavy atom. The molecule has 1 aromatic carbocycles. The van der Waals surface area contributed by atoms with E-state index in [1.807, 2.05) is 24.3 Å². The quantitative estimate of drug-likeness (QED) is 0.620. The van der Waals surface area contributed by atoms with Crippen LogP contribution in [0.15, 0.2) is 55.1 Å². The number of hydrogen-bond acceptors (Lipinski definition) is 5. The van der Waals surface area contributed by atoms with E-state index >= 15 is 0 Å². The van der Waals surface area contributed by atoms with E-state index < -0.39 is 0 Å². The molecule has 4 rings (SSSR count). The molecule has 0 spiro atoms. The van der Waals surface area contributed by atoms with Gasteiger partial charge >= 0.3 is 0 Å². The van der Waals surface area contributed by atoms with Gasteiger partial charge in [-0.05, 0) is 11.6 Å². The highest BCUT2D eigenvalue weighted by Gasteiger charge is 2.15. The zero-order valence-electron chi connectivity index (χ0n) is 11.7. The number of benzene rings is 1. The van der Waals surface area contributed by atoms with Crippen LogP contribution in [-0.4, -0.2) is 29.3 Å². The van der Waals surface area contributed by atoms with Gasteiger partial charge in [0.2, 0.25) is 11.9 Å². The second kappa shape index (κ2) is 4.96. The van der Waals surface area contributed by atoms with E-state index in [2.05, 4.69) is 36.8 Å². The molecule has 108 valence electrons. The SMILES string of the molecule is Nc1ncnn1-c1nc2cnccc2n1Cc1ccccc1. The summed E-state index contributed by atoms with van der Waals surface area (Å²) in [6.45, 7) is 0.663. The summed E-state index contributed by atoms with van der Waals surface area (Å²) in [6, 6.07) is 12.1. The number of fused-ring (bicyclic) bond motifs is 1. The lowest BCUT2D eigenvalue weighted by Crippen LogP contribution is -2.11.